The lowest BCUT2D eigenvalue weighted by molar-refractivity contribution is 0.281. The van der Waals surface area contributed by atoms with E-state index in [4.69, 9.17) is 0 Å². The number of hydrogen-bond donors (Lipinski definition) is 1. The highest BCUT2D eigenvalue weighted by atomic mass is 15.1. The maximum Gasteiger partial charge on any atom is 0.00821 e. The first-order chi connectivity index (χ1) is 8.26. The second-order valence-electron chi connectivity index (χ2n) is 5.68. The summed E-state index contributed by atoms with van der Waals surface area (Å²) in [4.78, 5) is 2.64. The highest BCUT2D eigenvalue weighted by Gasteiger charge is 2.17. The Kier molecular flexibility index (Phi) is 7.87. The number of hydrogen-bond acceptors (Lipinski definition) is 2. The fourth-order valence-electron chi connectivity index (χ4n) is 2.86. The van der Waals surface area contributed by atoms with Crippen molar-refractivity contribution in [2.24, 2.45) is 0 Å². The Morgan fingerprint density at radius 2 is 2.00 bits per heavy atom. The van der Waals surface area contributed by atoms with Crippen LogP contribution in [0.4, 0.5) is 0 Å². The lowest BCUT2D eigenvalue weighted by atomic mass is 10.1. The van der Waals surface area contributed by atoms with Crippen molar-refractivity contribution < 1.29 is 0 Å². The summed E-state index contributed by atoms with van der Waals surface area (Å²) >= 11 is 0. The molecule has 1 aliphatic rings. The molecular formula is C15H32N2. The summed E-state index contributed by atoms with van der Waals surface area (Å²) in [6.45, 7) is 10.8. The Labute approximate surface area is 108 Å². The minimum absolute atomic E-state index is 0.706. The molecule has 0 spiro atoms. The van der Waals surface area contributed by atoms with Gasteiger partial charge in [0.1, 0.15) is 0 Å². The number of nitrogens with zero attached hydrogens (tertiary/aromatic N) is 1. The predicted molar refractivity (Wildman–Crippen MR) is 76.5 cm³/mol. The van der Waals surface area contributed by atoms with Gasteiger partial charge in [0.15, 0.2) is 0 Å². The Balaban J connectivity index is 2.21. The molecule has 0 aromatic heterocycles. The molecule has 0 aromatic carbocycles. The zero-order chi connectivity index (χ0) is 12.5. The van der Waals surface area contributed by atoms with Crippen LogP contribution in [-0.2, 0) is 0 Å². The molecular weight excluding hydrogens is 208 g/mol. The van der Waals surface area contributed by atoms with Crippen LogP contribution in [0.25, 0.3) is 0 Å². The van der Waals surface area contributed by atoms with E-state index >= 15 is 0 Å². The largest absolute Gasteiger partial charge is 0.311 e. The molecule has 1 aliphatic heterocycles. The van der Waals surface area contributed by atoms with Gasteiger partial charge in [0.05, 0.1) is 0 Å². The average molecular weight is 240 g/mol. The van der Waals surface area contributed by atoms with Crippen molar-refractivity contribution in [3.63, 3.8) is 0 Å². The van der Waals surface area contributed by atoms with Crippen LogP contribution in [0.5, 0.6) is 0 Å². The molecule has 0 amide bonds. The van der Waals surface area contributed by atoms with E-state index in [0.717, 1.165) is 6.04 Å². The van der Waals surface area contributed by atoms with Crippen molar-refractivity contribution in [1.29, 1.82) is 0 Å². The SMILES string of the molecule is CCCCC(C)NC1CCCN(CCC)CC1. The Bertz CT molecular complexity index is 182. The van der Waals surface area contributed by atoms with Crippen LogP contribution in [0.2, 0.25) is 0 Å². The second-order valence-corrected chi connectivity index (χ2v) is 5.68. The molecule has 17 heavy (non-hydrogen) atoms. The standard InChI is InChI=1S/C15H32N2/c1-4-6-8-14(3)16-15-9-7-12-17(11-5-2)13-10-15/h14-16H,4-13H2,1-3H3. The zero-order valence-corrected chi connectivity index (χ0v) is 12.2. The van der Waals surface area contributed by atoms with Gasteiger partial charge in [0.2, 0.25) is 0 Å². The van der Waals surface area contributed by atoms with Crippen LogP contribution in [0.3, 0.4) is 0 Å². The van der Waals surface area contributed by atoms with Crippen LogP contribution in [0.15, 0.2) is 0 Å². The third kappa shape index (κ3) is 6.42. The molecule has 1 heterocycles. The van der Waals surface area contributed by atoms with Crippen LogP contribution in [0, 0.1) is 0 Å². The van der Waals surface area contributed by atoms with Gasteiger partial charge in [0.25, 0.3) is 0 Å². The molecule has 2 unspecified atom stereocenters. The molecule has 2 heteroatoms. The highest BCUT2D eigenvalue weighted by molar-refractivity contribution is 4.77. The summed E-state index contributed by atoms with van der Waals surface area (Å²) in [6.07, 6.45) is 9.41. The predicted octanol–water partition coefficient (Wildman–Crippen LogP) is 3.42. The molecule has 0 aliphatic carbocycles. The maximum atomic E-state index is 3.83. The van der Waals surface area contributed by atoms with Gasteiger partial charge < -0.3 is 10.2 Å². The van der Waals surface area contributed by atoms with E-state index in [0.29, 0.717) is 6.04 Å². The Morgan fingerprint density at radius 1 is 1.18 bits per heavy atom. The Morgan fingerprint density at radius 3 is 2.71 bits per heavy atom. The monoisotopic (exact) mass is 240 g/mol. The third-order valence-electron chi connectivity index (χ3n) is 3.87. The van der Waals surface area contributed by atoms with E-state index in [2.05, 4.69) is 31.0 Å². The molecule has 0 radical (unpaired) electrons. The molecule has 1 N–H and O–H groups in total. The smallest absolute Gasteiger partial charge is 0.00821 e. The first-order valence-electron chi connectivity index (χ1n) is 7.74. The summed E-state index contributed by atoms with van der Waals surface area (Å²) in [5, 5.41) is 3.83. The van der Waals surface area contributed by atoms with Gasteiger partial charge >= 0.3 is 0 Å². The fourth-order valence-corrected chi connectivity index (χ4v) is 2.86. The molecule has 0 aromatic rings. The van der Waals surface area contributed by atoms with Gasteiger partial charge in [-0.2, -0.15) is 0 Å². The topological polar surface area (TPSA) is 15.3 Å². The lowest BCUT2D eigenvalue weighted by Crippen LogP contribution is -2.37. The molecule has 1 fully saturated rings. The minimum atomic E-state index is 0.706. The van der Waals surface area contributed by atoms with Gasteiger partial charge in [-0.05, 0) is 58.7 Å². The molecule has 0 bridgehead atoms. The van der Waals surface area contributed by atoms with Gasteiger partial charge in [-0.15, -0.1) is 0 Å². The fraction of sp³-hybridized carbons (Fsp3) is 1.00. The van der Waals surface area contributed by atoms with Crippen LogP contribution < -0.4 is 5.32 Å². The number of likely N-dealkylation sites (tertiary alicyclic amines) is 1. The summed E-state index contributed by atoms with van der Waals surface area (Å²) in [5.74, 6) is 0. The number of rotatable bonds is 7. The van der Waals surface area contributed by atoms with Crippen LogP contribution >= 0.6 is 0 Å². The van der Waals surface area contributed by atoms with Gasteiger partial charge in [-0.1, -0.05) is 26.7 Å². The highest BCUT2D eigenvalue weighted by Crippen LogP contribution is 2.13. The van der Waals surface area contributed by atoms with Crippen molar-refractivity contribution >= 4 is 0 Å². The van der Waals surface area contributed by atoms with Crippen molar-refractivity contribution in [2.75, 3.05) is 19.6 Å². The van der Waals surface area contributed by atoms with Crippen molar-refractivity contribution in [2.45, 2.75) is 77.8 Å². The summed E-state index contributed by atoms with van der Waals surface area (Å²) in [7, 11) is 0. The Hall–Kier alpha value is -0.0800. The molecule has 2 atom stereocenters. The molecule has 0 saturated carbocycles. The van der Waals surface area contributed by atoms with Crippen LogP contribution in [-0.4, -0.2) is 36.6 Å². The normalized spacial score (nSPS) is 24.5. The molecule has 102 valence electrons. The van der Waals surface area contributed by atoms with E-state index in [1.807, 2.05) is 0 Å². The average Bonchev–Trinajstić information content (AvgIpc) is 2.53. The summed E-state index contributed by atoms with van der Waals surface area (Å²) < 4.78 is 0. The maximum absolute atomic E-state index is 3.83. The van der Waals surface area contributed by atoms with E-state index in [-0.39, 0.29) is 0 Å². The van der Waals surface area contributed by atoms with E-state index in [9.17, 15) is 0 Å². The number of nitrogens with one attached hydrogen (secondary N) is 1. The lowest BCUT2D eigenvalue weighted by Gasteiger charge is -2.22. The minimum Gasteiger partial charge on any atom is -0.311 e. The molecule has 1 rings (SSSR count). The first kappa shape index (κ1) is 15.0. The van der Waals surface area contributed by atoms with Crippen molar-refractivity contribution in [3.8, 4) is 0 Å². The summed E-state index contributed by atoms with van der Waals surface area (Å²) in [5.41, 5.74) is 0. The molecule has 2 nitrogen and oxygen atoms in total. The summed E-state index contributed by atoms with van der Waals surface area (Å²) in [6, 6.07) is 1.47. The van der Waals surface area contributed by atoms with Gasteiger partial charge in [-0.3, -0.25) is 0 Å². The van der Waals surface area contributed by atoms with E-state index in [1.165, 1.54) is 64.6 Å². The van der Waals surface area contributed by atoms with E-state index in [1.54, 1.807) is 0 Å². The van der Waals surface area contributed by atoms with E-state index < -0.39 is 0 Å². The molecule has 1 saturated heterocycles. The van der Waals surface area contributed by atoms with Gasteiger partial charge in [-0.25, -0.2) is 0 Å². The van der Waals surface area contributed by atoms with Crippen molar-refractivity contribution in [3.05, 3.63) is 0 Å². The zero-order valence-electron chi connectivity index (χ0n) is 12.2. The quantitative estimate of drug-likeness (QED) is 0.733. The number of unbranched alkanes of at least 4 members (excludes halogenated alkanes) is 1. The second kappa shape index (κ2) is 8.93. The van der Waals surface area contributed by atoms with Crippen molar-refractivity contribution in [1.82, 2.24) is 10.2 Å². The van der Waals surface area contributed by atoms with Crippen LogP contribution in [0.1, 0.15) is 65.7 Å². The third-order valence-corrected chi connectivity index (χ3v) is 3.87. The van der Waals surface area contributed by atoms with Gasteiger partial charge in [0, 0.05) is 12.1 Å². The first-order valence-corrected chi connectivity index (χ1v) is 7.74.